The van der Waals surface area contributed by atoms with E-state index >= 15 is 0 Å². The Hall–Kier alpha value is -1.15. The predicted octanol–water partition coefficient (Wildman–Crippen LogP) is 1.23. The summed E-state index contributed by atoms with van der Waals surface area (Å²) in [6.07, 6.45) is 0.721. The van der Waals surface area contributed by atoms with Gasteiger partial charge in [0.2, 0.25) is 10.0 Å². The lowest BCUT2D eigenvalue weighted by Crippen LogP contribution is -2.46. The average molecular weight is 362 g/mol. The van der Waals surface area contributed by atoms with Crippen molar-refractivity contribution in [2.75, 3.05) is 26.2 Å². The fourth-order valence-electron chi connectivity index (χ4n) is 2.24. The zero-order valence-corrected chi connectivity index (χ0v) is 15.0. The van der Waals surface area contributed by atoms with Gasteiger partial charge in [-0.1, -0.05) is 6.92 Å². The number of benzene rings is 1. The fraction of sp³-hybridized carbons (Fsp3) is 0.533. The molecule has 1 fully saturated rings. The maximum absolute atomic E-state index is 12.3. The van der Waals surface area contributed by atoms with Crippen LogP contribution < -0.4 is 10.0 Å². The van der Waals surface area contributed by atoms with E-state index in [4.69, 9.17) is 0 Å². The van der Waals surface area contributed by atoms with E-state index in [9.17, 15) is 13.2 Å². The molecule has 1 aliphatic heterocycles. The number of piperazine rings is 1. The molecule has 2 N–H and O–H groups in total. The van der Waals surface area contributed by atoms with Gasteiger partial charge in [0, 0.05) is 37.8 Å². The summed E-state index contributed by atoms with van der Waals surface area (Å²) in [5.74, 6) is -0.0552. The minimum atomic E-state index is -3.52. The first-order chi connectivity index (χ1) is 10.4. The number of hydrogen-bond acceptors (Lipinski definition) is 4. The van der Waals surface area contributed by atoms with Gasteiger partial charge in [0.1, 0.15) is 0 Å². The number of sulfonamides is 1. The number of nitrogens with zero attached hydrogens (tertiary/aromatic N) is 1. The van der Waals surface area contributed by atoms with Gasteiger partial charge in [0.25, 0.3) is 5.91 Å². The first kappa shape index (κ1) is 19.9. The molecule has 0 saturated carbocycles. The molecule has 8 heteroatoms. The second-order valence-electron chi connectivity index (χ2n) is 5.50. The highest BCUT2D eigenvalue weighted by atomic mass is 35.5. The van der Waals surface area contributed by atoms with Gasteiger partial charge in [-0.05, 0) is 37.6 Å². The molecule has 1 aromatic carbocycles. The number of amides is 1. The number of carbonyl (C=O) groups is 1. The van der Waals surface area contributed by atoms with Crippen LogP contribution >= 0.6 is 12.4 Å². The minimum absolute atomic E-state index is 0. The first-order valence-electron chi connectivity index (χ1n) is 7.56. The fourth-order valence-corrected chi connectivity index (χ4v) is 3.57. The number of carbonyl (C=O) groups excluding carboxylic acids is 1. The van der Waals surface area contributed by atoms with Crippen molar-refractivity contribution in [2.45, 2.75) is 31.2 Å². The van der Waals surface area contributed by atoms with Crippen LogP contribution in [0.2, 0.25) is 0 Å². The molecule has 1 atom stereocenters. The molecule has 0 radical (unpaired) electrons. The van der Waals surface area contributed by atoms with Crippen molar-refractivity contribution in [2.24, 2.45) is 0 Å². The highest BCUT2D eigenvalue weighted by Crippen LogP contribution is 2.13. The van der Waals surface area contributed by atoms with Gasteiger partial charge in [-0.25, -0.2) is 13.1 Å². The Morgan fingerprint density at radius 3 is 2.35 bits per heavy atom. The van der Waals surface area contributed by atoms with Crippen LogP contribution in [0.15, 0.2) is 29.2 Å². The van der Waals surface area contributed by atoms with E-state index in [2.05, 4.69) is 10.0 Å². The van der Waals surface area contributed by atoms with Crippen LogP contribution in [0, 0.1) is 0 Å². The van der Waals surface area contributed by atoms with Crippen molar-refractivity contribution in [1.82, 2.24) is 14.9 Å². The molecule has 23 heavy (non-hydrogen) atoms. The highest BCUT2D eigenvalue weighted by Gasteiger charge is 2.20. The summed E-state index contributed by atoms with van der Waals surface area (Å²) in [6.45, 7) is 6.67. The lowest BCUT2D eigenvalue weighted by Gasteiger charge is -2.27. The van der Waals surface area contributed by atoms with Gasteiger partial charge in [0.15, 0.2) is 0 Å². The van der Waals surface area contributed by atoms with E-state index in [0.717, 1.165) is 19.5 Å². The Balaban J connectivity index is 0.00000264. The zero-order chi connectivity index (χ0) is 16.2. The molecule has 1 saturated heterocycles. The minimum Gasteiger partial charge on any atom is -0.336 e. The summed E-state index contributed by atoms with van der Waals surface area (Å²) in [4.78, 5) is 14.3. The van der Waals surface area contributed by atoms with Crippen molar-refractivity contribution in [3.05, 3.63) is 29.8 Å². The average Bonchev–Trinajstić information content (AvgIpc) is 2.54. The van der Waals surface area contributed by atoms with Crippen molar-refractivity contribution in [3.8, 4) is 0 Å². The molecule has 6 nitrogen and oxygen atoms in total. The Labute approximate surface area is 144 Å². The summed E-state index contributed by atoms with van der Waals surface area (Å²) >= 11 is 0. The van der Waals surface area contributed by atoms with Crippen molar-refractivity contribution >= 4 is 28.3 Å². The number of rotatable bonds is 5. The SMILES string of the molecule is CCC(C)NS(=O)(=O)c1ccc(C(=O)N2CCNCC2)cc1.Cl. The maximum Gasteiger partial charge on any atom is 0.253 e. The third-order valence-corrected chi connectivity index (χ3v) is 5.39. The summed E-state index contributed by atoms with van der Waals surface area (Å²) in [5, 5.41) is 3.19. The molecule has 130 valence electrons. The lowest BCUT2D eigenvalue weighted by atomic mass is 10.2. The van der Waals surface area contributed by atoms with Crippen LogP contribution in [-0.4, -0.2) is 51.4 Å². The standard InChI is InChI=1S/C15H23N3O3S.ClH/c1-3-12(2)17-22(20,21)14-6-4-13(5-7-14)15(19)18-10-8-16-9-11-18;/h4-7,12,16-17H,3,8-11H2,1-2H3;1H. The van der Waals surface area contributed by atoms with Crippen molar-refractivity contribution in [3.63, 3.8) is 0 Å². The molecule has 1 unspecified atom stereocenters. The lowest BCUT2D eigenvalue weighted by molar-refractivity contribution is 0.0735. The van der Waals surface area contributed by atoms with Gasteiger partial charge in [0.05, 0.1) is 4.90 Å². The summed E-state index contributed by atoms with van der Waals surface area (Å²) in [5.41, 5.74) is 0.518. The topological polar surface area (TPSA) is 78.5 Å². The predicted molar refractivity (Wildman–Crippen MR) is 92.5 cm³/mol. The molecule has 0 aliphatic carbocycles. The normalized spacial score (nSPS) is 16.5. The molecule has 0 bridgehead atoms. The molecular weight excluding hydrogens is 338 g/mol. The van der Waals surface area contributed by atoms with E-state index in [0.29, 0.717) is 18.7 Å². The Kier molecular flexibility index (Phi) is 7.47. The molecule has 0 aromatic heterocycles. The Morgan fingerprint density at radius 1 is 1.26 bits per heavy atom. The monoisotopic (exact) mass is 361 g/mol. The quantitative estimate of drug-likeness (QED) is 0.826. The second-order valence-corrected chi connectivity index (χ2v) is 7.21. The van der Waals surface area contributed by atoms with Gasteiger partial charge >= 0.3 is 0 Å². The van der Waals surface area contributed by atoms with Crippen LogP contribution in [0.25, 0.3) is 0 Å². The molecule has 1 aliphatic rings. The third-order valence-electron chi connectivity index (χ3n) is 3.78. The second kappa shape index (κ2) is 8.63. The molecular formula is C15H24ClN3O3S. The molecule has 2 rings (SSSR count). The highest BCUT2D eigenvalue weighted by molar-refractivity contribution is 7.89. The summed E-state index contributed by atoms with van der Waals surface area (Å²) in [7, 11) is -3.52. The smallest absolute Gasteiger partial charge is 0.253 e. The van der Waals surface area contributed by atoms with E-state index < -0.39 is 10.0 Å². The van der Waals surface area contributed by atoms with Crippen LogP contribution in [0.1, 0.15) is 30.6 Å². The maximum atomic E-state index is 12.3. The molecule has 1 heterocycles. The van der Waals surface area contributed by atoms with Crippen LogP contribution in [0.4, 0.5) is 0 Å². The number of halogens is 1. The van der Waals surface area contributed by atoms with E-state index in [-0.39, 0.29) is 29.3 Å². The van der Waals surface area contributed by atoms with Crippen molar-refractivity contribution < 1.29 is 13.2 Å². The van der Waals surface area contributed by atoms with Crippen LogP contribution in [0.3, 0.4) is 0 Å². The Bertz CT molecular complexity index is 613. The molecule has 0 spiro atoms. The van der Waals surface area contributed by atoms with Gasteiger partial charge in [-0.3, -0.25) is 4.79 Å². The van der Waals surface area contributed by atoms with Crippen LogP contribution in [0.5, 0.6) is 0 Å². The van der Waals surface area contributed by atoms with E-state index in [1.54, 1.807) is 17.0 Å². The third kappa shape index (κ3) is 5.17. The first-order valence-corrected chi connectivity index (χ1v) is 9.04. The summed E-state index contributed by atoms with van der Waals surface area (Å²) in [6, 6.07) is 6.01. The van der Waals surface area contributed by atoms with Crippen LogP contribution in [-0.2, 0) is 10.0 Å². The van der Waals surface area contributed by atoms with Crippen molar-refractivity contribution in [1.29, 1.82) is 0 Å². The van der Waals surface area contributed by atoms with Gasteiger partial charge in [-0.15, -0.1) is 12.4 Å². The molecule has 1 amide bonds. The van der Waals surface area contributed by atoms with E-state index in [1.165, 1.54) is 12.1 Å². The largest absolute Gasteiger partial charge is 0.336 e. The molecule has 1 aromatic rings. The number of hydrogen-bond donors (Lipinski definition) is 2. The van der Waals surface area contributed by atoms with Gasteiger partial charge < -0.3 is 10.2 Å². The zero-order valence-electron chi connectivity index (χ0n) is 13.4. The van der Waals surface area contributed by atoms with E-state index in [1.807, 2.05) is 13.8 Å². The summed E-state index contributed by atoms with van der Waals surface area (Å²) < 4.78 is 26.9. The number of nitrogens with one attached hydrogen (secondary N) is 2. The Morgan fingerprint density at radius 2 is 1.83 bits per heavy atom. The van der Waals surface area contributed by atoms with Gasteiger partial charge in [-0.2, -0.15) is 0 Å².